The van der Waals surface area contributed by atoms with Crippen molar-refractivity contribution in [2.24, 2.45) is 7.05 Å². The van der Waals surface area contributed by atoms with Crippen molar-refractivity contribution in [2.45, 2.75) is 32.2 Å². The first-order valence-corrected chi connectivity index (χ1v) is 10.3. The molecule has 2 aromatic heterocycles. The molecule has 0 N–H and O–H groups in total. The second-order valence-corrected chi connectivity index (χ2v) is 8.18. The Bertz CT molecular complexity index is 963. The highest BCUT2D eigenvalue weighted by molar-refractivity contribution is 5.66. The minimum atomic E-state index is 0.401. The number of likely N-dealkylation sites (tertiary alicyclic amines) is 1. The minimum Gasteiger partial charge on any atom is -0.347 e. The maximum atomic E-state index is 5.01. The van der Waals surface area contributed by atoms with Crippen LogP contribution in [-0.4, -0.2) is 51.8 Å². The number of benzene rings is 1. The Balaban J connectivity index is 1.63. The molecule has 1 aromatic carbocycles. The van der Waals surface area contributed by atoms with Crippen LogP contribution in [0.4, 0.5) is 5.95 Å². The maximum absolute atomic E-state index is 5.01. The fourth-order valence-corrected chi connectivity index (χ4v) is 4.11. The molecule has 3 aromatic rings. The fourth-order valence-electron chi connectivity index (χ4n) is 4.11. The van der Waals surface area contributed by atoms with Crippen LogP contribution in [0, 0.1) is 6.92 Å². The van der Waals surface area contributed by atoms with Crippen molar-refractivity contribution in [1.29, 1.82) is 0 Å². The van der Waals surface area contributed by atoms with Crippen LogP contribution in [0.3, 0.4) is 0 Å². The molecule has 152 valence electrons. The van der Waals surface area contributed by atoms with E-state index >= 15 is 0 Å². The van der Waals surface area contributed by atoms with E-state index in [0.717, 1.165) is 37.6 Å². The summed E-state index contributed by atoms with van der Waals surface area (Å²) in [5, 5.41) is 4.41. The lowest BCUT2D eigenvalue weighted by Crippen LogP contribution is -2.34. The van der Waals surface area contributed by atoms with Gasteiger partial charge in [-0.15, -0.1) is 0 Å². The number of hydrogen-bond donors (Lipinski definition) is 0. The zero-order valence-corrected chi connectivity index (χ0v) is 17.8. The predicted octanol–water partition coefficient (Wildman–Crippen LogP) is 3.63. The van der Waals surface area contributed by atoms with E-state index in [4.69, 9.17) is 4.98 Å². The molecule has 1 aliphatic rings. The summed E-state index contributed by atoms with van der Waals surface area (Å²) >= 11 is 0. The summed E-state index contributed by atoms with van der Waals surface area (Å²) in [4.78, 5) is 14.1. The highest BCUT2D eigenvalue weighted by Gasteiger charge is 2.26. The third-order valence-electron chi connectivity index (χ3n) is 5.91. The lowest BCUT2D eigenvalue weighted by Gasteiger charge is -2.33. The molecular weight excluding hydrogens is 360 g/mol. The van der Waals surface area contributed by atoms with Crippen molar-refractivity contribution < 1.29 is 0 Å². The number of aromatic nitrogens is 4. The minimum absolute atomic E-state index is 0.401. The largest absolute Gasteiger partial charge is 0.347 e. The monoisotopic (exact) mass is 390 g/mol. The molecule has 0 aliphatic carbocycles. The summed E-state index contributed by atoms with van der Waals surface area (Å²) in [6.45, 7) is 5.22. The molecule has 6 nitrogen and oxygen atoms in total. The quantitative estimate of drug-likeness (QED) is 0.666. The standard InChI is InChI=1S/C23H30N6/c1-17-20(13-25-28(17)4)16-29-12-8-11-19(15-29)22-21(18-9-6-5-7-10-18)14-24-23(26-22)27(2)3/h5-7,9-10,13-14,19H,8,11-12,15-16H2,1-4H3/t19-/m1/s1. The second-order valence-electron chi connectivity index (χ2n) is 8.18. The topological polar surface area (TPSA) is 50.1 Å². The van der Waals surface area contributed by atoms with Crippen LogP contribution in [0.1, 0.15) is 35.7 Å². The van der Waals surface area contributed by atoms with Crippen molar-refractivity contribution in [1.82, 2.24) is 24.6 Å². The molecule has 0 amide bonds. The van der Waals surface area contributed by atoms with Crippen molar-refractivity contribution in [3.05, 3.63) is 59.7 Å². The average molecular weight is 391 g/mol. The number of aryl methyl sites for hydroxylation is 1. The summed E-state index contributed by atoms with van der Waals surface area (Å²) in [7, 11) is 6.01. The van der Waals surface area contributed by atoms with E-state index < -0.39 is 0 Å². The molecule has 1 fully saturated rings. The van der Waals surface area contributed by atoms with Crippen LogP contribution < -0.4 is 4.90 Å². The van der Waals surface area contributed by atoms with Gasteiger partial charge in [0.25, 0.3) is 0 Å². The first kappa shape index (κ1) is 19.6. The normalized spacial score (nSPS) is 17.4. The highest BCUT2D eigenvalue weighted by atomic mass is 15.3. The van der Waals surface area contributed by atoms with Gasteiger partial charge in [0, 0.05) is 63.2 Å². The van der Waals surface area contributed by atoms with E-state index in [2.05, 4.69) is 52.2 Å². The van der Waals surface area contributed by atoms with E-state index in [1.54, 1.807) is 0 Å². The van der Waals surface area contributed by atoms with Crippen LogP contribution in [-0.2, 0) is 13.6 Å². The Morgan fingerprint density at radius 2 is 1.93 bits per heavy atom. The molecular formula is C23H30N6. The Labute approximate surface area is 173 Å². The van der Waals surface area contributed by atoms with E-state index in [1.165, 1.54) is 28.9 Å². The summed E-state index contributed by atoms with van der Waals surface area (Å²) in [5.41, 5.74) is 6.07. The number of rotatable bonds is 5. The Morgan fingerprint density at radius 3 is 2.62 bits per heavy atom. The molecule has 0 radical (unpaired) electrons. The molecule has 6 heteroatoms. The average Bonchev–Trinajstić information content (AvgIpc) is 3.06. The SMILES string of the molecule is Cc1c(CN2CCC[C@@H](c3nc(N(C)C)ncc3-c3ccccc3)C2)cnn1C. The van der Waals surface area contributed by atoms with Gasteiger partial charge in [-0.2, -0.15) is 5.10 Å². The van der Waals surface area contributed by atoms with Crippen LogP contribution >= 0.6 is 0 Å². The van der Waals surface area contributed by atoms with E-state index in [0.29, 0.717) is 5.92 Å². The zero-order chi connectivity index (χ0) is 20.4. The number of piperidine rings is 1. The van der Waals surface area contributed by atoms with Gasteiger partial charge < -0.3 is 4.90 Å². The molecule has 3 heterocycles. The molecule has 1 saturated heterocycles. The molecule has 0 saturated carbocycles. The molecule has 29 heavy (non-hydrogen) atoms. The van der Waals surface area contributed by atoms with Gasteiger partial charge in [0.1, 0.15) is 0 Å². The van der Waals surface area contributed by atoms with Gasteiger partial charge in [0.05, 0.1) is 11.9 Å². The zero-order valence-electron chi connectivity index (χ0n) is 17.8. The van der Waals surface area contributed by atoms with Gasteiger partial charge in [0.15, 0.2) is 0 Å². The Hall–Kier alpha value is -2.73. The summed E-state index contributed by atoms with van der Waals surface area (Å²) in [5.74, 6) is 1.18. The van der Waals surface area contributed by atoms with Crippen molar-refractivity contribution in [3.63, 3.8) is 0 Å². The van der Waals surface area contributed by atoms with Crippen molar-refractivity contribution in [3.8, 4) is 11.1 Å². The fraction of sp³-hybridized carbons (Fsp3) is 0.435. The predicted molar refractivity (Wildman–Crippen MR) is 117 cm³/mol. The summed E-state index contributed by atoms with van der Waals surface area (Å²) in [6, 6.07) is 10.5. The van der Waals surface area contributed by atoms with Gasteiger partial charge in [0.2, 0.25) is 5.95 Å². The van der Waals surface area contributed by atoms with Crippen molar-refractivity contribution >= 4 is 5.95 Å². The Morgan fingerprint density at radius 1 is 1.14 bits per heavy atom. The molecule has 0 unspecified atom stereocenters. The lowest BCUT2D eigenvalue weighted by molar-refractivity contribution is 0.198. The van der Waals surface area contributed by atoms with Gasteiger partial charge in [-0.3, -0.25) is 9.58 Å². The van der Waals surface area contributed by atoms with Gasteiger partial charge >= 0.3 is 0 Å². The first-order chi connectivity index (χ1) is 14.0. The van der Waals surface area contributed by atoms with E-state index in [-0.39, 0.29) is 0 Å². The van der Waals surface area contributed by atoms with Gasteiger partial charge in [-0.25, -0.2) is 9.97 Å². The van der Waals surface area contributed by atoms with Crippen molar-refractivity contribution in [2.75, 3.05) is 32.1 Å². The van der Waals surface area contributed by atoms with E-state index in [9.17, 15) is 0 Å². The molecule has 1 aliphatic heterocycles. The molecule has 4 rings (SSSR count). The highest BCUT2D eigenvalue weighted by Crippen LogP contribution is 2.34. The summed E-state index contributed by atoms with van der Waals surface area (Å²) in [6.07, 6.45) is 6.34. The third-order valence-corrected chi connectivity index (χ3v) is 5.91. The maximum Gasteiger partial charge on any atom is 0.225 e. The number of nitrogens with zero attached hydrogens (tertiary/aromatic N) is 6. The summed E-state index contributed by atoms with van der Waals surface area (Å²) < 4.78 is 1.96. The molecule has 0 bridgehead atoms. The van der Waals surface area contributed by atoms with Crippen LogP contribution in [0.25, 0.3) is 11.1 Å². The second kappa shape index (κ2) is 8.33. The number of anilines is 1. The molecule has 0 spiro atoms. The van der Waals surface area contributed by atoms with Crippen LogP contribution in [0.5, 0.6) is 0 Å². The molecule has 1 atom stereocenters. The number of hydrogen-bond acceptors (Lipinski definition) is 5. The first-order valence-electron chi connectivity index (χ1n) is 10.3. The lowest BCUT2D eigenvalue weighted by atomic mass is 9.89. The van der Waals surface area contributed by atoms with E-state index in [1.807, 2.05) is 43.1 Å². The smallest absolute Gasteiger partial charge is 0.225 e. The van der Waals surface area contributed by atoms with Gasteiger partial charge in [-0.05, 0) is 31.9 Å². The Kier molecular flexibility index (Phi) is 5.62. The third kappa shape index (κ3) is 4.17. The van der Waals surface area contributed by atoms with Crippen LogP contribution in [0.15, 0.2) is 42.7 Å². The van der Waals surface area contributed by atoms with Crippen LogP contribution in [0.2, 0.25) is 0 Å². The van der Waals surface area contributed by atoms with Gasteiger partial charge in [-0.1, -0.05) is 30.3 Å².